The van der Waals surface area contributed by atoms with Gasteiger partial charge in [0, 0.05) is 21.5 Å². The summed E-state index contributed by atoms with van der Waals surface area (Å²) < 4.78 is 13.3. The summed E-state index contributed by atoms with van der Waals surface area (Å²) in [6, 6.07) is 74.3. The topological polar surface area (TPSA) is 26.3 Å². The molecule has 0 unspecified atom stereocenters. The van der Waals surface area contributed by atoms with E-state index in [1.807, 2.05) is 6.07 Å². The third-order valence-corrected chi connectivity index (χ3v) is 12.7. The minimum absolute atomic E-state index is 0.872. The Bertz CT molecular complexity index is 3770. The van der Waals surface area contributed by atoms with Crippen molar-refractivity contribution in [3.8, 4) is 44.5 Å². The molecular weight excluding hydrogens is 729 g/mol. The third-order valence-electron chi connectivity index (χ3n) is 12.7. The minimum Gasteiger partial charge on any atom is -0.456 e. The van der Waals surface area contributed by atoms with Crippen LogP contribution in [0.3, 0.4) is 0 Å². The van der Waals surface area contributed by atoms with Crippen molar-refractivity contribution >= 4 is 87.0 Å². The Hall–Kier alpha value is -7.94. The highest BCUT2D eigenvalue weighted by atomic mass is 16.3. The highest BCUT2D eigenvalue weighted by molar-refractivity contribution is 6.28. The first-order chi connectivity index (χ1) is 29.8. The maximum absolute atomic E-state index is 6.88. The van der Waals surface area contributed by atoms with Gasteiger partial charge >= 0.3 is 0 Å². The summed E-state index contributed by atoms with van der Waals surface area (Å²) in [6.45, 7) is 0. The number of rotatable bonds is 4. The van der Waals surface area contributed by atoms with E-state index in [2.05, 4.69) is 200 Å². The van der Waals surface area contributed by atoms with E-state index in [0.717, 1.165) is 49.4 Å². The lowest BCUT2D eigenvalue weighted by molar-refractivity contribution is 0.668. The first-order valence-corrected chi connectivity index (χ1v) is 20.6. The Morgan fingerprint density at radius 2 is 0.583 bits per heavy atom. The van der Waals surface area contributed by atoms with Crippen LogP contribution in [0, 0.1) is 0 Å². The van der Waals surface area contributed by atoms with Crippen molar-refractivity contribution in [1.29, 1.82) is 0 Å². The van der Waals surface area contributed by atoms with Crippen LogP contribution < -0.4 is 0 Å². The SMILES string of the molecule is c1ccc(-c2c3ccccc3c(-c3cccc4oc5cc(-c6c7ccccc7c(-c7cccc8oc9ccccc9c78)c7ccccc67)ccc5c34)c3ccccc23)cc1. The van der Waals surface area contributed by atoms with Crippen molar-refractivity contribution in [3.05, 3.63) is 206 Å². The van der Waals surface area contributed by atoms with Gasteiger partial charge in [-0.25, -0.2) is 0 Å². The molecule has 0 spiro atoms. The zero-order valence-corrected chi connectivity index (χ0v) is 32.4. The van der Waals surface area contributed by atoms with E-state index in [4.69, 9.17) is 8.83 Å². The Balaban J connectivity index is 1.06. The average Bonchev–Trinajstić information content (AvgIpc) is 3.89. The molecule has 0 aliphatic carbocycles. The van der Waals surface area contributed by atoms with Gasteiger partial charge in [-0.05, 0) is 118 Å². The van der Waals surface area contributed by atoms with E-state index < -0.39 is 0 Å². The van der Waals surface area contributed by atoms with E-state index >= 15 is 0 Å². The molecule has 2 nitrogen and oxygen atoms in total. The Morgan fingerprint density at radius 1 is 0.217 bits per heavy atom. The molecule has 60 heavy (non-hydrogen) atoms. The van der Waals surface area contributed by atoms with Crippen molar-refractivity contribution < 1.29 is 8.83 Å². The molecule has 0 saturated carbocycles. The molecule has 13 rings (SSSR count). The fourth-order valence-electron chi connectivity index (χ4n) is 10.2. The molecule has 2 heterocycles. The molecular formula is C58H34O2. The number of para-hydroxylation sites is 1. The van der Waals surface area contributed by atoms with Crippen LogP contribution in [0.15, 0.2) is 215 Å². The van der Waals surface area contributed by atoms with Gasteiger partial charge in [0.1, 0.15) is 22.3 Å². The summed E-state index contributed by atoms with van der Waals surface area (Å²) in [5, 5.41) is 14.2. The van der Waals surface area contributed by atoms with Gasteiger partial charge in [0.2, 0.25) is 0 Å². The van der Waals surface area contributed by atoms with Crippen LogP contribution in [0.4, 0.5) is 0 Å². The molecule has 0 aliphatic rings. The molecule has 2 heteroatoms. The summed E-state index contributed by atoms with van der Waals surface area (Å²) in [5.41, 5.74) is 13.1. The van der Waals surface area contributed by atoms with Gasteiger partial charge in [0.25, 0.3) is 0 Å². The normalized spacial score (nSPS) is 12.0. The van der Waals surface area contributed by atoms with Crippen LogP contribution >= 0.6 is 0 Å². The molecule has 0 atom stereocenters. The average molecular weight is 763 g/mol. The van der Waals surface area contributed by atoms with Gasteiger partial charge in [-0.1, -0.05) is 176 Å². The van der Waals surface area contributed by atoms with Crippen molar-refractivity contribution in [3.63, 3.8) is 0 Å². The molecule has 0 amide bonds. The maximum Gasteiger partial charge on any atom is 0.136 e. The summed E-state index contributed by atoms with van der Waals surface area (Å²) >= 11 is 0. The quantitative estimate of drug-likeness (QED) is 0.167. The zero-order valence-electron chi connectivity index (χ0n) is 32.4. The number of fused-ring (bicyclic) bond motifs is 10. The van der Waals surface area contributed by atoms with Crippen LogP contribution in [0.1, 0.15) is 0 Å². The Labute approximate surface area is 345 Å². The van der Waals surface area contributed by atoms with Crippen LogP contribution in [-0.2, 0) is 0 Å². The number of hydrogen-bond donors (Lipinski definition) is 0. The van der Waals surface area contributed by atoms with Crippen molar-refractivity contribution in [1.82, 2.24) is 0 Å². The van der Waals surface area contributed by atoms with Gasteiger partial charge in [-0.2, -0.15) is 0 Å². The van der Waals surface area contributed by atoms with Crippen LogP contribution in [0.2, 0.25) is 0 Å². The first kappa shape index (κ1) is 33.1. The molecule has 0 radical (unpaired) electrons. The third kappa shape index (κ3) is 4.70. The largest absolute Gasteiger partial charge is 0.456 e. The maximum atomic E-state index is 6.88. The molecule has 2 aromatic heterocycles. The van der Waals surface area contributed by atoms with E-state index in [0.29, 0.717) is 0 Å². The summed E-state index contributed by atoms with van der Waals surface area (Å²) in [5.74, 6) is 0. The molecule has 0 bridgehead atoms. The predicted octanol–water partition coefficient (Wildman–Crippen LogP) is 16.8. The van der Waals surface area contributed by atoms with Gasteiger partial charge in [0.15, 0.2) is 0 Å². The smallest absolute Gasteiger partial charge is 0.136 e. The minimum atomic E-state index is 0.872. The molecule has 278 valence electrons. The second-order valence-corrected chi connectivity index (χ2v) is 15.8. The molecule has 0 saturated heterocycles. The van der Waals surface area contributed by atoms with E-state index in [-0.39, 0.29) is 0 Å². The van der Waals surface area contributed by atoms with Gasteiger partial charge in [0.05, 0.1) is 0 Å². The lowest BCUT2D eigenvalue weighted by Gasteiger charge is -2.18. The fourth-order valence-corrected chi connectivity index (χ4v) is 10.2. The fraction of sp³-hybridized carbons (Fsp3) is 0. The van der Waals surface area contributed by atoms with Gasteiger partial charge < -0.3 is 8.83 Å². The Kier molecular flexibility index (Phi) is 7.05. The lowest BCUT2D eigenvalue weighted by atomic mass is 9.84. The van der Waals surface area contributed by atoms with Crippen LogP contribution in [0.25, 0.3) is 131 Å². The summed E-state index contributed by atoms with van der Waals surface area (Å²) in [4.78, 5) is 0. The van der Waals surface area contributed by atoms with Gasteiger partial charge in [-0.15, -0.1) is 0 Å². The zero-order chi connectivity index (χ0) is 39.3. The second-order valence-electron chi connectivity index (χ2n) is 15.8. The van der Waals surface area contributed by atoms with Crippen LogP contribution in [0.5, 0.6) is 0 Å². The monoisotopic (exact) mass is 762 g/mol. The summed E-state index contributed by atoms with van der Waals surface area (Å²) in [7, 11) is 0. The molecule has 0 N–H and O–H groups in total. The highest BCUT2D eigenvalue weighted by Gasteiger charge is 2.23. The second kappa shape index (κ2) is 12.8. The van der Waals surface area contributed by atoms with E-state index in [1.54, 1.807) is 0 Å². The number of hydrogen-bond acceptors (Lipinski definition) is 2. The molecule has 0 aliphatic heterocycles. The highest BCUT2D eigenvalue weighted by Crippen LogP contribution is 2.50. The molecule has 0 fully saturated rings. The van der Waals surface area contributed by atoms with Crippen molar-refractivity contribution in [2.75, 3.05) is 0 Å². The first-order valence-electron chi connectivity index (χ1n) is 20.6. The van der Waals surface area contributed by atoms with E-state index in [1.165, 1.54) is 82.0 Å². The summed E-state index contributed by atoms with van der Waals surface area (Å²) in [6.07, 6.45) is 0. The standard InChI is InChI=1S/C58H34O2/c1-2-16-35(17-3-1)53-37-18-4-8-22-41(37)55(42-23-9-5-19-38(42)53)48-28-15-31-51-58(48)46-33-32-36(34-52(46)60-51)54-39-20-6-10-24-43(39)56(44-25-11-7-21-40(44)54)47-27-14-30-50-57(47)45-26-12-13-29-49(45)59-50/h1-34H. The van der Waals surface area contributed by atoms with Crippen molar-refractivity contribution in [2.24, 2.45) is 0 Å². The Morgan fingerprint density at radius 3 is 1.08 bits per heavy atom. The van der Waals surface area contributed by atoms with Crippen molar-refractivity contribution in [2.45, 2.75) is 0 Å². The van der Waals surface area contributed by atoms with Crippen LogP contribution in [-0.4, -0.2) is 0 Å². The lowest BCUT2D eigenvalue weighted by Crippen LogP contribution is -1.91. The van der Waals surface area contributed by atoms with Gasteiger partial charge in [-0.3, -0.25) is 0 Å². The molecule has 11 aromatic carbocycles. The predicted molar refractivity (Wildman–Crippen MR) is 253 cm³/mol. The van der Waals surface area contributed by atoms with E-state index in [9.17, 15) is 0 Å². The number of benzene rings is 11. The number of furan rings is 2. The molecule has 13 aromatic rings.